The first kappa shape index (κ1) is 27.6. The predicted molar refractivity (Wildman–Crippen MR) is 125 cm³/mol. The number of ether oxygens (including phenoxy) is 3. The molecule has 34 heavy (non-hydrogen) atoms. The van der Waals surface area contributed by atoms with E-state index in [0.29, 0.717) is 12.8 Å². The van der Waals surface area contributed by atoms with Crippen LogP contribution in [-0.2, 0) is 14.2 Å². The molecule has 1 saturated carbocycles. The summed E-state index contributed by atoms with van der Waals surface area (Å²) >= 11 is 6.06. The first-order chi connectivity index (χ1) is 15.6. The number of aromatic nitrogens is 1. The van der Waals surface area contributed by atoms with E-state index in [9.17, 15) is 18.8 Å². The van der Waals surface area contributed by atoms with Gasteiger partial charge in [-0.3, -0.25) is 0 Å². The standard InChI is InChI=1S/C23H33ClFN3O6/c1-22(2,3)33-20(30)28(21(31)34-23(4,5)6)16-11-9-8-10-15(16)26-18-14(25)12-13(17(24)27-18)19(29)32-7/h12,15-16H,8-11H2,1-7H3,(H,26,27). The Balaban J connectivity index is 2.40. The summed E-state index contributed by atoms with van der Waals surface area (Å²) in [6, 6.07) is -0.324. The zero-order valence-electron chi connectivity index (χ0n) is 20.7. The van der Waals surface area contributed by atoms with Gasteiger partial charge in [-0.25, -0.2) is 28.7 Å². The number of esters is 1. The van der Waals surface area contributed by atoms with Crippen LogP contribution >= 0.6 is 11.6 Å². The average Bonchev–Trinajstić information content (AvgIpc) is 2.68. The lowest BCUT2D eigenvalue weighted by Gasteiger charge is -2.39. The van der Waals surface area contributed by atoms with E-state index in [4.69, 9.17) is 21.1 Å². The van der Waals surface area contributed by atoms with Crippen molar-refractivity contribution in [2.45, 2.75) is 90.5 Å². The molecule has 0 saturated heterocycles. The number of methoxy groups -OCH3 is 1. The van der Waals surface area contributed by atoms with Crippen LogP contribution in [0.4, 0.5) is 19.8 Å². The van der Waals surface area contributed by atoms with Crippen molar-refractivity contribution in [2.24, 2.45) is 0 Å². The number of amides is 2. The van der Waals surface area contributed by atoms with Crippen molar-refractivity contribution in [2.75, 3.05) is 12.4 Å². The zero-order chi connectivity index (χ0) is 25.8. The van der Waals surface area contributed by atoms with Gasteiger partial charge >= 0.3 is 18.2 Å². The zero-order valence-corrected chi connectivity index (χ0v) is 21.4. The molecule has 2 atom stereocenters. The Labute approximate surface area is 204 Å². The van der Waals surface area contributed by atoms with Crippen LogP contribution in [0.3, 0.4) is 0 Å². The first-order valence-corrected chi connectivity index (χ1v) is 11.5. The second-order valence-electron chi connectivity index (χ2n) is 10.1. The summed E-state index contributed by atoms with van der Waals surface area (Å²) in [5.41, 5.74) is -1.91. The molecule has 1 aliphatic carbocycles. The van der Waals surface area contributed by atoms with E-state index in [2.05, 4.69) is 15.0 Å². The highest BCUT2D eigenvalue weighted by atomic mass is 35.5. The largest absolute Gasteiger partial charge is 0.465 e. The molecule has 1 N–H and O–H groups in total. The van der Waals surface area contributed by atoms with Crippen molar-refractivity contribution in [3.05, 3.63) is 22.6 Å². The smallest absolute Gasteiger partial charge is 0.420 e. The van der Waals surface area contributed by atoms with E-state index in [0.717, 1.165) is 30.9 Å². The van der Waals surface area contributed by atoms with E-state index < -0.39 is 47.3 Å². The lowest BCUT2D eigenvalue weighted by Crippen LogP contribution is -2.56. The molecule has 2 unspecified atom stereocenters. The summed E-state index contributed by atoms with van der Waals surface area (Å²) in [6.07, 6.45) is 0.778. The molecule has 2 rings (SSSR count). The number of anilines is 1. The minimum absolute atomic E-state index is 0.206. The Kier molecular flexibility index (Phi) is 8.74. The summed E-state index contributed by atoms with van der Waals surface area (Å²) in [7, 11) is 1.15. The highest BCUT2D eigenvalue weighted by Crippen LogP contribution is 2.30. The number of hydrogen-bond acceptors (Lipinski definition) is 8. The molecule has 9 nitrogen and oxygen atoms in total. The van der Waals surface area contributed by atoms with Crippen LogP contribution in [0.2, 0.25) is 5.15 Å². The summed E-state index contributed by atoms with van der Waals surface area (Å²) in [6.45, 7) is 10.2. The summed E-state index contributed by atoms with van der Waals surface area (Å²) in [4.78, 5) is 42.8. The number of nitrogens with zero attached hydrogens (tertiary/aromatic N) is 2. The maximum Gasteiger partial charge on any atom is 0.420 e. The van der Waals surface area contributed by atoms with Crippen molar-refractivity contribution in [3.63, 3.8) is 0 Å². The number of halogens is 2. The molecule has 1 aliphatic rings. The topological polar surface area (TPSA) is 107 Å². The van der Waals surface area contributed by atoms with Crippen LogP contribution < -0.4 is 5.32 Å². The lowest BCUT2D eigenvalue weighted by molar-refractivity contribution is -0.0119. The number of carbonyl (C=O) groups excluding carboxylic acids is 3. The van der Waals surface area contributed by atoms with Gasteiger partial charge in [-0.1, -0.05) is 24.4 Å². The van der Waals surface area contributed by atoms with Crippen molar-refractivity contribution < 1.29 is 33.0 Å². The monoisotopic (exact) mass is 501 g/mol. The van der Waals surface area contributed by atoms with Crippen LogP contribution in [0.15, 0.2) is 6.07 Å². The van der Waals surface area contributed by atoms with Crippen LogP contribution in [0.1, 0.15) is 77.6 Å². The van der Waals surface area contributed by atoms with Gasteiger partial charge in [0, 0.05) is 6.04 Å². The lowest BCUT2D eigenvalue weighted by atomic mass is 9.89. The van der Waals surface area contributed by atoms with Crippen molar-refractivity contribution in [1.29, 1.82) is 0 Å². The SMILES string of the molecule is COC(=O)c1cc(F)c(NC2CCCCC2N(C(=O)OC(C)(C)C)C(=O)OC(C)(C)C)nc1Cl. The normalized spacial score (nSPS) is 18.6. The third-order valence-corrected chi connectivity index (χ3v) is 5.19. The van der Waals surface area contributed by atoms with E-state index in [-0.39, 0.29) is 16.5 Å². The van der Waals surface area contributed by atoms with Gasteiger partial charge in [-0.2, -0.15) is 0 Å². The Morgan fingerprint density at radius 3 is 2.09 bits per heavy atom. The fourth-order valence-corrected chi connectivity index (χ4v) is 3.77. The second-order valence-corrected chi connectivity index (χ2v) is 10.4. The highest BCUT2D eigenvalue weighted by Gasteiger charge is 2.41. The van der Waals surface area contributed by atoms with Crippen molar-refractivity contribution in [3.8, 4) is 0 Å². The number of pyridine rings is 1. The van der Waals surface area contributed by atoms with Gasteiger partial charge in [0.15, 0.2) is 11.6 Å². The van der Waals surface area contributed by atoms with Gasteiger partial charge in [0.1, 0.15) is 21.9 Å². The Hall–Kier alpha value is -2.62. The minimum Gasteiger partial charge on any atom is -0.465 e. The van der Waals surface area contributed by atoms with Gasteiger partial charge in [0.2, 0.25) is 0 Å². The third kappa shape index (κ3) is 7.44. The van der Waals surface area contributed by atoms with Crippen LogP contribution in [0, 0.1) is 5.82 Å². The molecular weight excluding hydrogens is 469 g/mol. The fourth-order valence-electron chi connectivity index (χ4n) is 3.55. The summed E-state index contributed by atoms with van der Waals surface area (Å²) < 4.78 is 30.3. The van der Waals surface area contributed by atoms with Gasteiger partial charge in [-0.05, 0) is 60.5 Å². The number of hydrogen-bond donors (Lipinski definition) is 1. The Morgan fingerprint density at radius 1 is 1.06 bits per heavy atom. The molecule has 0 aliphatic heterocycles. The van der Waals surface area contributed by atoms with E-state index >= 15 is 0 Å². The van der Waals surface area contributed by atoms with Gasteiger partial charge in [-0.15, -0.1) is 0 Å². The first-order valence-electron chi connectivity index (χ1n) is 11.1. The van der Waals surface area contributed by atoms with Crippen LogP contribution in [0.25, 0.3) is 0 Å². The molecule has 1 heterocycles. The highest BCUT2D eigenvalue weighted by molar-refractivity contribution is 6.32. The van der Waals surface area contributed by atoms with Crippen LogP contribution in [-0.4, -0.2) is 58.4 Å². The van der Waals surface area contributed by atoms with E-state index in [1.165, 1.54) is 0 Å². The summed E-state index contributed by atoms with van der Waals surface area (Å²) in [5, 5.41) is 2.72. The molecule has 0 bridgehead atoms. The minimum atomic E-state index is -0.854. The molecule has 1 aromatic rings. The molecular formula is C23H33ClFN3O6. The van der Waals surface area contributed by atoms with E-state index in [1.807, 2.05) is 0 Å². The number of imide groups is 1. The summed E-state index contributed by atoms with van der Waals surface area (Å²) in [5.74, 6) is -1.85. The molecule has 2 amide bonds. The van der Waals surface area contributed by atoms with Gasteiger partial charge in [0.05, 0.1) is 13.2 Å². The van der Waals surface area contributed by atoms with E-state index in [1.54, 1.807) is 41.5 Å². The van der Waals surface area contributed by atoms with Crippen LogP contribution in [0.5, 0.6) is 0 Å². The molecule has 0 spiro atoms. The molecule has 0 radical (unpaired) electrons. The number of carbonyl (C=O) groups is 3. The maximum atomic E-state index is 14.8. The average molecular weight is 502 g/mol. The van der Waals surface area contributed by atoms with Gasteiger partial charge in [0.25, 0.3) is 0 Å². The molecule has 0 aromatic carbocycles. The van der Waals surface area contributed by atoms with Gasteiger partial charge < -0.3 is 19.5 Å². The Morgan fingerprint density at radius 2 is 1.59 bits per heavy atom. The fraction of sp³-hybridized carbons (Fsp3) is 0.652. The molecule has 11 heteroatoms. The number of nitrogens with one attached hydrogen (secondary N) is 1. The van der Waals surface area contributed by atoms with Crippen molar-refractivity contribution in [1.82, 2.24) is 9.88 Å². The van der Waals surface area contributed by atoms with Crippen molar-refractivity contribution >= 4 is 35.6 Å². The predicted octanol–water partition coefficient (Wildman–Crippen LogP) is 5.56. The second kappa shape index (κ2) is 10.8. The molecule has 190 valence electrons. The number of rotatable bonds is 4. The maximum absolute atomic E-state index is 14.8. The molecule has 1 aromatic heterocycles. The molecule has 1 fully saturated rings. The third-order valence-electron chi connectivity index (χ3n) is 4.90. The Bertz CT molecular complexity index is 901. The quantitative estimate of drug-likeness (QED) is 0.325.